The van der Waals surface area contributed by atoms with Crippen molar-refractivity contribution in [1.29, 1.82) is 0 Å². The molecule has 12 rings (SSSR count). The van der Waals surface area contributed by atoms with Crippen LogP contribution in [0.2, 0.25) is 0 Å². The second kappa shape index (κ2) is 25.9. The Morgan fingerprint density at radius 3 is 1.82 bits per heavy atom. The number of rotatable bonds is 9. The van der Waals surface area contributed by atoms with E-state index in [0.29, 0.717) is 24.1 Å². The van der Waals surface area contributed by atoms with Crippen LogP contribution < -0.4 is 10.6 Å². The van der Waals surface area contributed by atoms with Gasteiger partial charge in [-0.3, -0.25) is 4.99 Å². The Balaban J connectivity index is 0.000000375. The quantitative estimate of drug-likeness (QED) is 0.116. The van der Waals surface area contributed by atoms with Crippen LogP contribution in [0.1, 0.15) is 99.4 Å². The highest BCUT2D eigenvalue weighted by atomic mass is 15.2. The average molecular weight is 1020 g/mol. The van der Waals surface area contributed by atoms with Crippen molar-refractivity contribution in [2.75, 3.05) is 4.90 Å². The predicted molar refractivity (Wildman–Crippen MR) is 335 cm³/mol. The lowest BCUT2D eigenvalue weighted by Gasteiger charge is -2.23. The molecule has 392 valence electrons. The third kappa shape index (κ3) is 12.3. The largest absolute Gasteiger partial charge is 0.383 e. The molecule has 0 amide bonds. The van der Waals surface area contributed by atoms with Gasteiger partial charge in [0, 0.05) is 69.4 Å². The number of amidine groups is 2. The molecule has 0 spiro atoms. The number of aryl methyl sites for hydroxylation is 1. The second-order valence-corrected chi connectivity index (χ2v) is 19.6. The first kappa shape index (κ1) is 54.1. The molecule has 2 aromatic heterocycles. The number of anilines is 2. The van der Waals surface area contributed by atoms with E-state index in [1.807, 2.05) is 45.9 Å². The maximum absolute atomic E-state index is 6.88. The number of aliphatic imine (C=N–C) groups is 2. The van der Waals surface area contributed by atoms with Crippen molar-refractivity contribution < 1.29 is 0 Å². The van der Waals surface area contributed by atoms with Crippen LogP contribution in [0.25, 0.3) is 50.6 Å². The Kier molecular flexibility index (Phi) is 17.9. The van der Waals surface area contributed by atoms with E-state index in [1.165, 1.54) is 85.6 Å². The summed E-state index contributed by atoms with van der Waals surface area (Å²) in [4.78, 5) is 12.5. The molecule has 1 aliphatic heterocycles. The first-order valence-electron chi connectivity index (χ1n) is 28.1. The molecule has 1 atom stereocenters. The van der Waals surface area contributed by atoms with Gasteiger partial charge in [0.25, 0.3) is 0 Å². The number of nitrogens with zero attached hydrogens (tertiary/aromatic N) is 5. The SMILES string of the molecule is CC.CC.CC1/C=C\C=C2/Cc3c(cc4ccn(C5=CCCCC5)c4c3/C=C\1)N2c1ccc(C(N)=NC(=NCc2ccc(-c3ccccc3)cc2)c2ccc(-c3ccccc3)cc2)cc1.Cc1ccn(-c2ccccc2)c1C. The van der Waals surface area contributed by atoms with Crippen molar-refractivity contribution in [3.63, 3.8) is 0 Å². The summed E-state index contributed by atoms with van der Waals surface area (Å²) in [6, 6.07) is 63.6. The molecular formula is C72H74N6. The standard InChI is InChI=1S/C56H49N5.C12H13N.2C2H6/c1-39-12-11-19-50-37-52-51(33-20-39)54-47(34-35-60(54)48-17-9-4-10-18-48)36-53(52)61(50)49-31-29-45(30-32-49)55(57)59-56(46-27-25-44(26-28-46)42-15-7-3-8-16-42)58-38-40-21-23-43(24-22-40)41-13-5-2-6-14-41;1-10-8-9-13(11(10)2)12-6-4-3-5-7-12;2*1-2/h2-3,5-8,11-17,19-36,39H,4,9-10,18,37-38H2,1H3,(H2,57,58,59);3-9H,1-2H3;2*1-2H3/b12-11-,33-20-,50-19+;;;. The van der Waals surface area contributed by atoms with Crippen LogP contribution in [-0.2, 0) is 13.0 Å². The van der Waals surface area contributed by atoms with Gasteiger partial charge < -0.3 is 19.8 Å². The molecule has 2 bridgehead atoms. The lowest BCUT2D eigenvalue weighted by molar-refractivity contribution is 0.721. The van der Waals surface area contributed by atoms with Crippen LogP contribution >= 0.6 is 0 Å². The minimum Gasteiger partial charge on any atom is -0.383 e. The van der Waals surface area contributed by atoms with E-state index in [0.717, 1.165) is 47.2 Å². The maximum Gasteiger partial charge on any atom is 0.157 e. The molecule has 6 heteroatoms. The Hall–Kier alpha value is -8.74. The molecule has 2 N–H and O–H groups in total. The van der Waals surface area contributed by atoms with Crippen molar-refractivity contribution in [3.8, 4) is 27.9 Å². The molecule has 78 heavy (non-hydrogen) atoms. The van der Waals surface area contributed by atoms with Crippen LogP contribution in [0.3, 0.4) is 0 Å². The van der Waals surface area contributed by atoms with E-state index in [2.05, 4.69) is 247 Å². The molecule has 0 saturated carbocycles. The number of nitrogens with two attached hydrogens (primary N) is 1. The molecule has 3 heterocycles. The van der Waals surface area contributed by atoms with Crippen LogP contribution in [0, 0.1) is 19.8 Å². The fraction of sp³-hybridized carbons (Fsp3) is 0.194. The molecule has 0 fully saturated rings. The minimum atomic E-state index is 0.322. The molecular weight excluding hydrogens is 949 g/mol. The number of hydrogen-bond donors (Lipinski definition) is 1. The molecule has 3 aliphatic rings. The van der Waals surface area contributed by atoms with Crippen molar-refractivity contribution in [1.82, 2.24) is 9.13 Å². The van der Waals surface area contributed by atoms with E-state index >= 15 is 0 Å². The van der Waals surface area contributed by atoms with Gasteiger partial charge in [0.15, 0.2) is 5.84 Å². The molecule has 0 radical (unpaired) electrons. The summed E-state index contributed by atoms with van der Waals surface area (Å²) in [5, 5.41) is 1.26. The van der Waals surface area contributed by atoms with Gasteiger partial charge >= 0.3 is 0 Å². The fourth-order valence-electron chi connectivity index (χ4n) is 10.4. The first-order valence-corrected chi connectivity index (χ1v) is 28.1. The van der Waals surface area contributed by atoms with E-state index in [4.69, 9.17) is 15.7 Å². The van der Waals surface area contributed by atoms with E-state index in [1.54, 1.807) is 0 Å². The van der Waals surface area contributed by atoms with Crippen molar-refractivity contribution >= 4 is 45.7 Å². The zero-order valence-electron chi connectivity index (χ0n) is 46.6. The Morgan fingerprint density at radius 2 is 1.21 bits per heavy atom. The lowest BCUT2D eigenvalue weighted by atomic mass is 9.97. The summed E-state index contributed by atoms with van der Waals surface area (Å²) in [6.45, 7) is 15.0. The number of allylic oxidation sites excluding steroid dienone is 7. The van der Waals surface area contributed by atoms with E-state index < -0.39 is 0 Å². The first-order chi connectivity index (χ1) is 38.3. The van der Waals surface area contributed by atoms with Gasteiger partial charge in [-0.25, -0.2) is 4.99 Å². The topological polar surface area (TPSA) is 63.8 Å². The third-order valence-electron chi connectivity index (χ3n) is 14.6. The van der Waals surface area contributed by atoms with Gasteiger partial charge in [-0.05, 0) is 145 Å². The molecule has 0 saturated heterocycles. The molecule has 1 unspecified atom stereocenters. The summed E-state index contributed by atoms with van der Waals surface area (Å²) in [5.41, 5.74) is 27.3. The monoisotopic (exact) mass is 1020 g/mol. The molecule has 2 aliphatic carbocycles. The number of fused-ring (bicyclic) bond motifs is 3. The van der Waals surface area contributed by atoms with Gasteiger partial charge in [0.2, 0.25) is 0 Å². The zero-order valence-corrected chi connectivity index (χ0v) is 46.6. The molecule has 7 aromatic carbocycles. The van der Waals surface area contributed by atoms with Crippen LogP contribution in [0.4, 0.5) is 11.4 Å². The summed E-state index contributed by atoms with van der Waals surface area (Å²) < 4.78 is 4.66. The zero-order chi connectivity index (χ0) is 54.4. The maximum atomic E-state index is 6.88. The van der Waals surface area contributed by atoms with Crippen LogP contribution in [-0.4, -0.2) is 20.8 Å². The van der Waals surface area contributed by atoms with Gasteiger partial charge in [-0.15, -0.1) is 0 Å². The van der Waals surface area contributed by atoms with Crippen molar-refractivity contribution in [3.05, 3.63) is 270 Å². The Bertz CT molecular complexity index is 3610. The minimum absolute atomic E-state index is 0.322. The van der Waals surface area contributed by atoms with Crippen LogP contribution in [0.15, 0.2) is 240 Å². The predicted octanol–water partition coefficient (Wildman–Crippen LogP) is 18.7. The summed E-state index contributed by atoms with van der Waals surface area (Å²) in [7, 11) is 0. The van der Waals surface area contributed by atoms with Gasteiger partial charge in [0.1, 0.15) is 5.84 Å². The van der Waals surface area contributed by atoms with Crippen LogP contribution in [0.5, 0.6) is 0 Å². The van der Waals surface area contributed by atoms with E-state index in [9.17, 15) is 0 Å². The van der Waals surface area contributed by atoms with Gasteiger partial charge in [0.05, 0.1) is 17.7 Å². The number of hydrogen-bond acceptors (Lipinski definition) is 2. The Morgan fingerprint density at radius 1 is 0.603 bits per heavy atom. The van der Waals surface area contributed by atoms with Crippen molar-refractivity contribution in [2.24, 2.45) is 21.6 Å². The number of para-hydroxylation sites is 1. The summed E-state index contributed by atoms with van der Waals surface area (Å²) in [5.74, 6) is 1.34. The summed E-state index contributed by atoms with van der Waals surface area (Å²) in [6.07, 6.45) is 24.0. The highest BCUT2D eigenvalue weighted by Crippen LogP contribution is 2.46. The number of aromatic nitrogens is 2. The fourth-order valence-corrected chi connectivity index (χ4v) is 10.4. The van der Waals surface area contributed by atoms with Gasteiger partial charge in [-0.1, -0.05) is 192 Å². The van der Waals surface area contributed by atoms with Crippen molar-refractivity contribution in [2.45, 2.75) is 87.1 Å². The molecule has 9 aromatic rings. The normalized spacial score (nSPS) is 16.2. The molecule has 6 nitrogen and oxygen atoms in total. The average Bonchev–Trinajstić information content (AvgIpc) is 4.30. The second-order valence-electron chi connectivity index (χ2n) is 19.6. The smallest absolute Gasteiger partial charge is 0.157 e. The highest BCUT2D eigenvalue weighted by molar-refractivity contribution is 6.11. The highest BCUT2D eigenvalue weighted by Gasteiger charge is 2.30. The summed E-state index contributed by atoms with van der Waals surface area (Å²) >= 11 is 0. The lowest BCUT2D eigenvalue weighted by Crippen LogP contribution is -2.17. The Labute approximate surface area is 463 Å². The number of benzene rings is 7. The van der Waals surface area contributed by atoms with E-state index in [-0.39, 0.29) is 0 Å². The van der Waals surface area contributed by atoms with Gasteiger partial charge in [-0.2, -0.15) is 0 Å². The third-order valence-corrected chi connectivity index (χ3v) is 14.6.